The van der Waals surface area contributed by atoms with E-state index < -0.39 is 5.41 Å². The minimum atomic E-state index is -0.555. The summed E-state index contributed by atoms with van der Waals surface area (Å²) in [7, 11) is 3.90. The molecule has 0 spiro atoms. The van der Waals surface area contributed by atoms with E-state index in [2.05, 4.69) is 5.32 Å². The van der Waals surface area contributed by atoms with E-state index in [1.807, 2.05) is 70.1 Å². The summed E-state index contributed by atoms with van der Waals surface area (Å²) in [5, 5.41) is 3.31. The number of carbonyl (C=O) groups excluding carboxylic acids is 2. The molecule has 0 atom stereocenters. The first-order valence-corrected chi connectivity index (χ1v) is 11.1. The predicted octanol–water partition coefficient (Wildman–Crippen LogP) is 5.83. The maximum Gasteiger partial charge on any atom is 0.257 e. The molecule has 1 heterocycles. The fourth-order valence-electron chi connectivity index (χ4n) is 3.54. The molecule has 0 radical (unpaired) electrons. The molecule has 6 nitrogen and oxygen atoms in total. The lowest BCUT2D eigenvalue weighted by Crippen LogP contribution is -2.38. The van der Waals surface area contributed by atoms with Crippen LogP contribution in [0.25, 0.3) is 0 Å². The van der Waals surface area contributed by atoms with E-state index >= 15 is 0 Å². The monoisotopic (exact) mass is 467 g/mol. The van der Waals surface area contributed by atoms with Gasteiger partial charge in [0, 0.05) is 37.4 Å². The van der Waals surface area contributed by atoms with Gasteiger partial charge in [-0.1, -0.05) is 44.5 Å². The number of amides is 2. The molecule has 0 aliphatic carbocycles. The first kappa shape index (κ1) is 24.4. The molecule has 0 bridgehead atoms. The lowest BCUT2D eigenvalue weighted by Gasteiger charge is -2.30. The van der Waals surface area contributed by atoms with Crippen LogP contribution >= 0.6 is 11.6 Å². The second kappa shape index (κ2) is 10.1. The minimum Gasteiger partial charge on any atom is -0.467 e. The van der Waals surface area contributed by atoms with Crippen LogP contribution in [0.5, 0.6) is 0 Å². The average Bonchev–Trinajstić information content (AvgIpc) is 3.25. The second-order valence-electron chi connectivity index (χ2n) is 9.16. The van der Waals surface area contributed by atoms with Crippen molar-refractivity contribution in [1.82, 2.24) is 4.90 Å². The Kier molecular flexibility index (Phi) is 7.49. The van der Waals surface area contributed by atoms with E-state index in [4.69, 9.17) is 16.0 Å². The summed E-state index contributed by atoms with van der Waals surface area (Å²) in [4.78, 5) is 29.8. The van der Waals surface area contributed by atoms with Gasteiger partial charge in [0.2, 0.25) is 5.91 Å². The topological polar surface area (TPSA) is 65.8 Å². The summed E-state index contributed by atoms with van der Waals surface area (Å²) >= 11 is 6.18. The summed E-state index contributed by atoms with van der Waals surface area (Å²) in [5.41, 5.74) is 2.33. The first-order valence-electron chi connectivity index (χ1n) is 10.7. The highest BCUT2D eigenvalue weighted by molar-refractivity contribution is 6.34. The van der Waals surface area contributed by atoms with E-state index in [-0.39, 0.29) is 11.8 Å². The smallest absolute Gasteiger partial charge is 0.257 e. The van der Waals surface area contributed by atoms with Crippen LogP contribution < -0.4 is 10.2 Å². The number of benzene rings is 2. The molecule has 2 aromatic carbocycles. The van der Waals surface area contributed by atoms with E-state index in [1.54, 1.807) is 35.4 Å². The van der Waals surface area contributed by atoms with Crippen molar-refractivity contribution in [3.8, 4) is 0 Å². The van der Waals surface area contributed by atoms with Gasteiger partial charge in [0.25, 0.3) is 5.91 Å². The maximum absolute atomic E-state index is 13.2. The molecular formula is C26H30ClN3O3. The van der Waals surface area contributed by atoms with E-state index in [9.17, 15) is 9.59 Å². The van der Waals surface area contributed by atoms with Crippen molar-refractivity contribution in [2.75, 3.05) is 24.3 Å². The molecule has 3 aromatic rings. The Morgan fingerprint density at radius 2 is 1.73 bits per heavy atom. The molecule has 0 fully saturated rings. The lowest BCUT2D eigenvalue weighted by atomic mass is 9.94. The molecule has 0 aliphatic heterocycles. The second-order valence-corrected chi connectivity index (χ2v) is 9.57. The zero-order valence-corrected chi connectivity index (χ0v) is 20.4. The van der Waals surface area contributed by atoms with Crippen molar-refractivity contribution in [3.63, 3.8) is 0 Å². The first-order chi connectivity index (χ1) is 15.6. The third-order valence-corrected chi connectivity index (χ3v) is 5.48. The van der Waals surface area contributed by atoms with Crippen LogP contribution in [0.1, 0.15) is 42.5 Å². The lowest BCUT2D eigenvalue weighted by molar-refractivity contribution is -0.141. The number of hydrogen-bond acceptors (Lipinski definition) is 4. The van der Waals surface area contributed by atoms with Crippen LogP contribution in [-0.2, 0) is 17.9 Å². The Bertz CT molecular complexity index is 1120. The van der Waals surface area contributed by atoms with Gasteiger partial charge in [-0.2, -0.15) is 0 Å². The van der Waals surface area contributed by atoms with E-state index in [0.29, 0.717) is 35.1 Å². The third-order valence-electron chi connectivity index (χ3n) is 5.15. The van der Waals surface area contributed by atoms with Crippen LogP contribution in [0.3, 0.4) is 0 Å². The van der Waals surface area contributed by atoms with Gasteiger partial charge in [-0.3, -0.25) is 9.59 Å². The van der Waals surface area contributed by atoms with Crippen LogP contribution in [0, 0.1) is 5.41 Å². The number of furan rings is 1. The van der Waals surface area contributed by atoms with Gasteiger partial charge in [0.1, 0.15) is 5.76 Å². The zero-order valence-electron chi connectivity index (χ0n) is 19.7. The standard InChI is InChI=1S/C26H30ClN3O3/c1-26(2,3)25(32)30(17-20-9-8-14-33-20)16-18-15-19(12-13-23(18)29(4)5)28-24(31)21-10-6-7-11-22(21)27/h6-15H,16-17H2,1-5H3,(H,28,31). The largest absolute Gasteiger partial charge is 0.467 e. The molecule has 7 heteroatoms. The Balaban J connectivity index is 1.92. The Hall–Kier alpha value is -3.25. The molecule has 33 heavy (non-hydrogen) atoms. The predicted molar refractivity (Wildman–Crippen MR) is 133 cm³/mol. The van der Waals surface area contributed by atoms with Crippen LogP contribution in [0.15, 0.2) is 65.3 Å². The van der Waals surface area contributed by atoms with Gasteiger partial charge < -0.3 is 19.5 Å². The number of nitrogens with one attached hydrogen (secondary N) is 1. The minimum absolute atomic E-state index is 0.00844. The van der Waals surface area contributed by atoms with Gasteiger partial charge in [0.05, 0.1) is 23.4 Å². The van der Waals surface area contributed by atoms with E-state index in [0.717, 1.165) is 11.3 Å². The summed E-state index contributed by atoms with van der Waals surface area (Å²) in [6.07, 6.45) is 1.60. The normalized spacial score (nSPS) is 11.2. The van der Waals surface area contributed by atoms with Crippen molar-refractivity contribution in [3.05, 3.63) is 82.8 Å². The van der Waals surface area contributed by atoms with Gasteiger partial charge in [-0.25, -0.2) is 0 Å². The molecule has 1 aromatic heterocycles. The van der Waals surface area contributed by atoms with Gasteiger partial charge in [0.15, 0.2) is 0 Å². The molecule has 174 valence electrons. The molecule has 3 rings (SSSR count). The Labute approximate surface area is 200 Å². The summed E-state index contributed by atoms with van der Waals surface area (Å²) in [6.45, 7) is 6.42. The SMILES string of the molecule is CN(C)c1ccc(NC(=O)c2ccccc2Cl)cc1CN(Cc1ccco1)C(=O)C(C)(C)C. The number of carbonyl (C=O) groups is 2. The number of anilines is 2. The molecule has 0 unspecified atom stereocenters. The Morgan fingerprint density at radius 3 is 2.33 bits per heavy atom. The van der Waals surface area contributed by atoms with Crippen LogP contribution in [0.2, 0.25) is 5.02 Å². The van der Waals surface area contributed by atoms with Crippen molar-refractivity contribution in [1.29, 1.82) is 0 Å². The molecule has 0 saturated heterocycles. The van der Waals surface area contributed by atoms with Crippen molar-refractivity contribution < 1.29 is 14.0 Å². The van der Waals surface area contributed by atoms with Gasteiger partial charge in [-0.05, 0) is 48.0 Å². The van der Waals surface area contributed by atoms with Crippen LogP contribution in [-0.4, -0.2) is 30.8 Å². The van der Waals surface area contributed by atoms with Gasteiger partial charge >= 0.3 is 0 Å². The molecule has 1 N–H and O–H groups in total. The summed E-state index contributed by atoms with van der Waals surface area (Å²) < 4.78 is 5.50. The van der Waals surface area contributed by atoms with Crippen molar-refractivity contribution in [2.24, 2.45) is 5.41 Å². The summed E-state index contributed by atoms with van der Waals surface area (Å²) in [6, 6.07) is 16.3. The molecule has 0 aliphatic rings. The fraction of sp³-hybridized carbons (Fsp3) is 0.308. The fourth-order valence-corrected chi connectivity index (χ4v) is 3.76. The average molecular weight is 468 g/mol. The third kappa shape index (κ3) is 6.17. The highest BCUT2D eigenvalue weighted by Crippen LogP contribution is 2.28. The quantitative estimate of drug-likeness (QED) is 0.475. The van der Waals surface area contributed by atoms with Gasteiger partial charge in [-0.15, -0.1) is 0 Å². The zero-order chi connectivity index (χ0) is 24.2. The van der Waals surface area contributed by atoms with E-state index in [1.165, 1.54) is 0 Å². The Morgan fingerprint density at radius 1 is 1.00 bits per heavy atom. The molecule has 0 saturated carbocycles. The number of halogens is 1. The highest BCUT2D eigenvalue weighted by Gasteiger charge is 2.28. The number of rotatable bonds is 7. The molecule has 2 amide bonds. The van der Waals surface area contributed by atoms with Crippen molar-refractivity contribution >= 4 is 34.8 Å². The maximum atomic E-state index is 13.2. The number of nitrogens with zero attached hydrogens (tertiary/aromatic N) is 2. The highest BCUT2D eigenvalue weighted by atomic mass is 35.5. The molecular weight excluding hydrogens is 438 g/mol. The number of hydrogen-bond donors (Lipinski definition) is 1. The van der Waals surface area contributed by atoms with Crippen LogP contribution in [0.4, 0.5) is 11.4 Å². The van der Waals surface area contributed by atoms with Crippen molar-refractivity contribution in [2.45, 2.75) is 33.9 Å². The summed E-state index contributed by atoms with van der Waals surface area (Å²) in [5.74, 6) is 0.429.